The number of aromatic nitrogens is 4. The van der Waals surface area contributed by atoms with Crippen molar-refractivity contribution >= 4 is 17.7 Å². The van der Waals surface area contributed by atoms with E-state index in [1.54, 1.807) is 4.68 Å². The van der Waals surface area contributed by atoms with Gasteiger partial charge in [-0.05, 0) is 28.8 Å². The second-order valence-corrected chi connectivity index (χ2v) is 4.95. The van der Waals surface area contributed by atoms with E-state index < -0.39 is 0 Å². The van der Waals surface area contributed by atoms with Gasteiger partial charge in [0, 0.05) is 11.8 Å². The number of nitrogens with zero attached hydrogens (tertiary/aromatic N) is 4. The fraction of sp³-hybridized carbons (Fsp3) is 0.364. The molecule has 17 heavy (non-hydrogen) atoms. The third kappa shape index (κ3) is 2.97. The van der Waals surface area contributed by atoms with Crippen molar-refractivity contribution in [2.24, 2.45) is 0 Å². The van der Waals surface area contributed by atoms with E-state index in [0.29, 0.717) is 11.2 Å². The summed E-state index contributed by atoms with van der Waals surface area (Å²) >= 11 is 1.81. The van der Waals surface area contributed by atoms with E-state index in [4.69, 9.17) is 0 Å². The van der Waals surface area contributed by atoms with E-state index in [1.165, 1.54) is 0 Å². The van der Waals surface area contributed by atoms with Crippen molar-refractivity contribution in [3.05, 3.63) is 30.3 Å². The fourth-order valence-electron chi connectivity index (χ4n) is 1.36. The zero-order chi connectivity index (χ0) is 12.1. The molecular weight excluding hydrogens is 234 g/mol. The van der Waals surface area contributed by atoms with Crippen molar-refractivity contribution < 1.29 is 0 Å². The van der Waals surface area contributed by atoms with Gasteiger partial charge in [-0.25, -0.2) is 0 Å². The fourth-order valence-corrected chi connectivity index (χ4v) is 1.61. The highest BCUT2D eigenvalue weighted by Gasteiger charge is 2.08. The molecule has 0 saturated carbocycles. The highest BCUT2D eigenvalue weighted by atomic mass is 32.2. The molecule has 2 rings (SSSR count). The van der Waals surface area contributed by atoms with Gasteiger partial charge in [-0.15, -0.1) is 0 Å². The van der Waals surface area contributed by atoms with E-state index in [9.17, 15) is 0 Å². The summed E-state index contributed by atoms with van der Waals surface area (Å²) < 4.78 is 1.70. The number of para-hydroxylation sites is 1. The minimum Gasteiger partial charge on any atom is -0.352 e. The molecule has 0 saturated heterocycles. The van der Waals surface area contributed by atoms with Crippen LogP contribution in [-0.4, -0.2) is 38.3 Å². The van der Waals surface area contributed by atoms with Crippen LogP contribution in [-0.2, 0) is 0 Å². The first-order chi connectivity index (χ1) is 8.31. The Kier molecular flexibility index (Phi) is 3.98. The van der Waals surface area contributed by atoms with Crippen LogP contribution in [0.5, 0.6) is 0 Å². The summed E-state index contributed by atoms with van der Waals surface area (Å²) in [6.07, 6.45) is 2.09. The monoisotopic (exact) mass is 249 g/mol. The number of tetrazole rings is 1. The maximum Gasteiger partial charge on any atom is 0.247 e. The zero-order valence-electron chi connectivity index (χ0n) is 9.87. The number of rotatable bonds is 5. The van der Waals surface area contributed by atoms with Gasteiger partial charge >= 0.3 is 0 Å². The first-order valence-electron chi connectivity index (χ1n) is 5.41. The molecule has 1 N–H and O–H groups in total. The maximum atomic E-state index is 3.98. The van der Waals surface area contributed by atoms with Crippen LogP contribution in [0.1, 0.15) is 6.92 Å². The smallest absolute Gasteiger partial charge is 0.247 e. The molecule has 5 nitrogen and oxygen atoms in total. The summed E-state index contributed by atoms with van der Waals surface area (Å²) in [5.41, 5.74) is 0.955. The van der Waals surface area contributed by atoms with Gasteiger partial charge in [0.15, 0.2) is 0 Å². The Morgan fingerprint density at radius 2 is 2.12 bits per heavy atom. The summed E-state index contributed by atoms with van der Waals surface area (Å²) in [7, 11) is 0. The van der Waals surface area contributed by atoms with Gasteiger partial charge in [-0.3, -0.25) is 0 Å². The molecule has 1 atom stereocenters. The van der Waals surface area contributed by atoms with E-state index in [1.807, 2.05) is 42.1 Å². The van der Waals surface area contributed by atoms with E-state index in [-0.39, 0.29) is 0 Å². The summed E-state index contributed by atoms with van der Waals surface area (Å²) in [5.74, 6) is 0.678. The second-order valence-electron chi connectivity index (χ2n) is 3.68. The lowest BCUT2D eigenvalue weighted by molar-refractivity contribution is 0.788. The average Bonchev–Trinajstić information content (AvgIpc) is 2.85. The lowest BCUT2D eigenvalue weighted by Crippen LogP contribution is -2.16. The topological polar surface area (TPSA) is 55.6 Å². The van der Waals surface area contributed by atoms with Crippen LogP contribution in [0.4, 0.5) is 5.95 Å². The molecule has 1 aromatic heterocycles. The molecule has 0 fully saturated rings. The van der Waals surface area contributed by atoms with Crippen molar-refractivity contribution in [3.63, 3.8) is 0 Å². The molecule has 6 heteroatoms. The number of hydrogen-bond donors (Lipinski definition) is 1. The highest BCUT2D eigenvalue weighted by molar-refractivity contribution is 7.99. The van der Waals surface area contributed by atoms with Crippen LogP contribution in [0.25, 0.3) is 5.69 Å². The minimum absolute atomic E-state index is 0.524. The molecule has 90 valence electrons. The first-order valence-corrected chi connectivity index (χ1v) is 6.70. The van der Waals surface area contributed by atoms with Crippen molar-refractivity contribution in [1.82, 2.24) is 20.2 Å². The Balaban J connectivity index is 2.12. The predicted molar refractivity (Wildman–Crippen MR) is 70.6 cm³/mol. The van der Waals surface area contributed by atoms with Crippen LogP contribution in [0.3, 0.4) is 0 Å². The van der Waals surface area contributed by atoms with E-state index >= 15 is 0 Å². The summed E-state index contributed by atoms with van der Waals surface area (Å²) in [6.45, 7) is 3.00. The lowest BCUT2D eigenvalue weighted by atomic mass is 10.3. The highest BCUT2D eigenvalue weighted by Crippen LogP contribution is 2.12. The zero-order valence-corrected chi connectivity index (χ0v) is 10.7. The summed E-state index contributed by atoms with van der Waals surface area (Å²) in [6, 6.07) is 9.84. The van der Waals surface area contributed by atoms with Crippen molar-refractivity contribution in [3.8, 4) is 5.69 Å². The maximum absolute atomic E-state index is 3.98. The molecule has 0 amide bonds. The van der Waals surface area contributed by atoms with Gasteiger partial charge in [0.2, 0.25) is 5.95 Å². The van der Waals surface area contributed by atoms with Crippen LogP contribution in [0, 0.1) is 0 Å². The molecule has 0 radical (unpaired) electrons. The van der Waals surface area contributed by atoms with Crippen molar-refractivity contribution in [2.75, 3.05) is 18.1 Å². The number of nitrogens with one attached hydrogen (secondary N) is 1. The van der Waals surface area contributed by atoms with E-state index in [2.05, 4.69) is 34.0 Å². The van der Waals surface area contributed by atoms with Crippen molar-refractivity contribution in [2.45, 2.75) is 12.2 Å². The van der Waals surface area contributed by atoms with Gasteiger partial charge in [0.25, 0.3) is 0 Å². The first kappa shape index (κ1) is 11.9. The van der Waals surface area contributed by atoms with Crippen LogP contribution in [0.2, 0.25) is 0 Å². The summed E-state index contributed by atoms with van der Waals surface area (Å²) in [5, 5.41) is 15.4. The quantitative estimate of drug-likeness (QED) is 0.876. The normalized spacial score (nSPS) is 12.4. The van der Waals surface area contributed by atoms with Gasteiger partial charge < -0.3 is 5.32 Å². The van der Waals surface area contributed by atoms with Gasteiger partial charge in [-0.1, -0.05) is 30.2 Å². The van der Waals surface area contributed by atoms with Gasteiger partial charge in [0.1, 0.15) is 0 Å². The van der Waals surface area contributed by atoms with Crippen molar-refractivity contribution in [1.29, 1.82) is 0 Å². The minimum atomic E-state index is 0.524. The molecule has 1 aromatic carbocycles. The van der Waals surface area contributed by atoms with Gasteiger partial charge in [0.05, 0.1) is 5.69 Å². The van der Waals surface area contributed by atoms with Gasteiger partial charge in [-0.2, -0.15) is 16.4 Å². The Morgan fingerprint density at radius 1 is 1.35 bits per heavy atom. The SMILES string of the molecule is CSC(C)CNc1nnnn1-c1ccccc1. The number of benzene rings is 1. The lowest BCUT2D eigenvalue weighted by Gasteiger charge is -2.10. The molecule has 2 aromatic rings. The number of hydrogen-bond acceptors (Lipinski definition) is 5. The molecular formula is C11H15N5S. The second kappa shape index (κ2) is 5.67. The Morgan fingerprint density at radius 3 is 2.82 bits per heavy atom. The third-order valence-corrected chi connectivity index (χ3v) is 3.39. The molecule has 0 aliphatic heterocycles. The molecule has 0 aliphatic rings. The third-order valence-electron chi connectivity index (χ3n) is 2.42. The molecule has 0 spiro atoms. The molecule has 1 unspecified atom stereocenters. The molecule has 1 heterocycles. The molecule has 0 aliphatic carbocycles. The van der Waals surface area contributed by atoms with E-state index in [0.717, 1.165) is 12.2 Å². The predicted octanol–water partition coefficient (Wildman–Crippen LogP) is 1.83. The Hall–Kier alpha value is -1.56. The number of thioether (sulfide) groups is 1. The van der Waals surface area contributed by atoms with Crippen LogP contribution < -0.4 is 5.32 Å². The average molecular weight is 249 g/mol. The molecule has 0 bridgehead atoms. The summed E-state index contributed by atoms with van der Waals surface area (Å²) in [4.78, 5) is 0. The number of anilines is 1. The standard InChI is InChI=1S/C11H15N5S/c1-9(17-2)8-12-11-13-14-15-16(11)10-6-4-3-5-7-10/h3-7,9H,8H2,1-2H3,(H,12,13,15). The Bertz CT molecular complexity index is 456. The largest absolute Gasteiger partial charge is 0.352 e. The van der Waals surface area contributed by atoms with Crippen LogP contribution >= 0.6 is 11.8 Å². The Labute approximate surface area is 105 Å². The van der Waals surface area contributed by atoms with Crippen LogP contribution in [0.15, 0.2) is 30.3 Å².